The fraction of sp³-hybridized carbons (Fsp3) is 0. The molecule has 70 heavy (non-hydrogen) atoms. The van der Waals surface area contributed by atoms with Crippen LogP contribution in [0.15, 0.2) is 267 Å². The van der Waals surface area contributed by atoms with Gasteiger partial charge in [0.2, 0.25) is 0 Å². The quantitative estimate of drug-likeness (QED) is 0.145. The summed E-state index contributed by atoms with van der Waals surface area (Å²) >= 11 is 0. The minimum Gasteiger partial charge on any atom is -0.310 e. The minimum atomic E-state index is 1.08. The molecule has 0 fully saturated rings. The van der Waals surface area contributed by atoms with E-state index in [0.717, 1.165) is 28.3 Å². The second-order valence-electron chi connectivity index (χ2n) is 18.5. The Morgan fingerprint density at radius 2 is 0.729 bits per heavy atom. The van der Waals surface area contributed by atoms with E-state index in [0.29, 0.717) is 0 Å². The molecular formula is C68H44N2. The summed E-state index contributed by atoms with van der Waals surface area (Å²) in [7, 11) is 0. The lowest BCUT2D eigenvalue weighted by Crippen LogP contribution is -2.10. The van der Waals surface area contributed by atoms with Crippen molar-refractivity contribution >= 4 is 92.7 Å². The molecule has 0 saturated carbocycles. The van der Waals surface area contributed by atoms with E-state index < -0.39 is 0 Å². The topological polar surface area (TPSA) is 8.17 Å². The van der Waals surface area contributed by atoms with Crippen LogP contribution in [-0.2, 0) is 0 Å². The Labute approximate surface area is 406 Å². The van der Waals surface area contributed by atoms with Crippen molar-refractivity contribution in [3.8, 4) is 39.1 Å². The minimum absolute atomic E-state index is 1.08. The molecule has 0 amide bonds. The van der Waals surface area contributed by atoms with Crippen molar-refractivity contribution < 1.29 is 0 Å². The lowest BCUT2D eigenvalue weighted by molar-refractivity contribution is 1.19. The molecule has 14 rings (SSSR count). The average molecular weight is 889 g/mol. The average Bonchev–Trinajstić information content (AvgIpc) is 3.79. The summed E-state index contributed by atoms with van der Waals surface area (Å²) in [6.45, 7) is 0. The van der Waals surface area contributed by atoms with Crippen molar-refractivity contribution in [2.75, 3.05) is 4.90 Å². The van der Waals surface area contributed by atoms with Crippen LogP contribution in [0.2, 0.25) is 0 Å². The number of fused-ring (bicyclic) bond motifs is 11. The first-order valence-corrected chi connectivity index (χ1v) is 24.2. The number of nitrogens with zero attached hydrogens (tertiary/aromatic N) is 2. The van der Waals surface area contributed by atoms with Gasteiger partial charge in [-0.1, -0.05) is 194 Å². The Kier molecular flexibility index (Phi) is 9.25. The van der Waals surface area contributed by atoms with Gasteiger partial charge >= 0.3 is 0 Å². The zero-order chi connectivity index (χ0) is 46.1. The van der Waals surface area contributed by atoms with E-state index in [1.165, 1.54) is 103 Å². The molecule has 0 N–H and O–H groups in total. The maximum atomic E-state index is 2.45. The van der Waals surface area contributed by atoms with Crippen molar-refractivity contribution in [3.05, 3.63) is 267 Å². The Bertz CT molecular complexity index is 4170. The van der Waals surface area contributed by atoms with Gasteiger partial charge in [0.05, 0.1) is 11.0 Å². The molecular weight excluding hydrogens is 845 g/mol. The van der Waals surface area contributed by atoms with E-state index in [1.807, 2.05) is 0 Å². The van der Waals surface area contributed by atoms with Gasteiger partial charge in [-0.3, -0.25) is 0 Å². The van der Waals surface area contributed by atoms with E-state index in [9.17, 15) is 0 Å². The van der Waals surface area contributed by atoms with Crippen LogP contribution >= 0.6 is 0 Å². The van der Waals surface area contributed by atoms with Gasteiger partial charge in [0.1, 0.15) is 0 Å². The van der Waals surface area contributed by atoms with Crippen molar-refractivity contribution in [3.63, 3.8) is 0 Å². The Morgan fingerprint density at radius 1 is 0.257 bits per heavy atom. The second-order valence-corrected chi connectivity index (χ2v) is 18.5. The smallest absolute Gasteiger partial charge is 0.0625 e. The summed E-state index contributed by atoms with van der Waals surface area (Å²) in [6, 6.07) is 98.1. The van der Waals surface area contributed by atoms with Gasteiger partial charge in [0.25, 0.3) is 0 Å². The van der Waals surface area contributed by atoms with Crippen molar-refractivity contribution in [1.29, 1.82) is 0 Å². The highest BCUT2D eigenvalue weighted by atomic mass is 15.1. The molecule has 2 heteroatoms. The van der Waals surface area contributed by atoms with Crippen molar-refractivity contribution in [1.82, 2.24) is 4.57 Å². The van der Waals surface area contributed by atoms with E-state index >= 15 is 0 Å². The molecule has 326 valence electrons. The number of anilines is 3. The van der Waals surface area contributed by atoms with Gasteiger partial charge in [0.15, 0.2) is 0 Å². The monoisotopic (exact) mass is 888 g/mol. The summed E-state index contributed by atoms with van der Waals surface area (Å²) in [5, 5.41) is 15.1. The van der Waals surface area contributed by atoms with Crippen LogP contribution in [0.1, 0.15) is 0 Å². The third-order valence-corrected chi connectivity index (χ3v) is 14.5. The molecule has 0 bridgehead atoms. The molecule has 0 aliphatic heterocycles. The zero-order valence-corrected chi connectivity index (χ0v) is 38.3. The number of hydrogen-bond donors (Lipinski definition) is 0. The zero-order valence-electron chi connectivity index (χ0n) is 38.3. The first-order chi connectivity index (χ1) is 34.7. The van der Waals surface area contributed by atoms with E-state index in [2.05, 4.69) is 276 Å². The van der Waals surface area contributed by atoms with Crippen LogP contribution in [0.4, 0.5) is 17.1 Å². The first-order valence-electron chi connectivity index (χ1n) is 24.2. The third kappa shape index (κ3) is 6.57. The highest BCUT2D eigenvalue weighted by molar-refractivity contribution is 6.24. The Balaban J connectivity index is 0.914. The van der Waals surface area contributed by atoms with Crippen LogP contribution in [0, 0.1) is 0 Å². The molecule has 14 aromatic rings. The maximum Gasteiger partial charge on any atom is 0.0625 e. The van der Waals surface area contributed by atoms with Crippen LogP contribution in [0.25, 0.3) is 115 Å². The largest absolute Gasteiger partial charge is 0.310 e. The molecule has 2 nitrogen and oxygen atoms in total. The summed E-state index contributed by atoms with van der Waals surface area (Å²) in [5.74, 6) is 0. The molecule has 0 aliphatic rings. The van der Waals surface area contributed by atoms with Crippen LogP contribution < -0.4 is 4.90 Å². The fourth-order valence-corrected chi connectivity index (χ4v) is 11.2. The molecule has 0 aliphatic carbocycles. The second kappa shape index (κ2) is 16.2. The van der Waals surface area contributed by atoms with Crippen LogP contribution in [0.5, 0.6) is 0 Å². The summed E-state index contributed by atoms with van der Waals surface area (Å²) in [6.07, 6.45) is 0. The van der Waals surface area contributed by atoms with Gasteiger partial charge in [0, 0.05) is 38.9 Å². The van der Waals surface area contributed by atoms with Gasteiger partial charge in [-0.25, -0.2) is 0 Å². The van der Waals surface area contributed by atoms with E-state index in [4.69, 9.17) is 0 Å². The molecule has 0 radical (unpaired) electrons. The van der Waals surface area contributed by atoms with Crippen LogP contribution in [0.3, 0.4) is 0 Å². The molecule has 13 aromatic carbocycles. The first kappa shape index (κ1) is 39.9. The highest BCUT2D eigenvalue weighted by Crippen LogP contribution is 2.45. The number of benzene rings is 13. The number of aromatic nitrogens is 1. The highest BCUT2D eigenvalue weighted by Gasteiger charge is 2.21. The molecule has 1 heterocycles. The van der Waals surface area contributed by atoms with E-state index in [-0.39, 0.29) is 0 Å². The summed E-state index contributed by atoms with van der Waals surface area (Å²) < 4.78 is 2.45. The Hall–Kier alpha value is -9.24. The Morgan fingerprint density at radius 3 is 1.34 bits per heavy atom. The van der Waals surface area contributed by atoms with Gasteiger partial charge in [-0.2, -0.15) is 0 Å². The maximum absolute atomic E-state index is 2.45. The number of hydrogen-bond acceptors (Lipinski definition) is 1. The summed E-state index contributed by atoms with van der Waals surface area (Å²) in [4.78, 5) is 2.40. The number of para-hydroxylation sites is 2. The van der Waals surface area contributed by atoms with Crippen molar-refractivity contribution in [2.24, 2.45) is 0 Å². The summed E-state index contributed by atoms with van der Waals surface area (Å²) in [5.41, 5.74) is 14.0. The fourth-order valence-electron chi connectivity index (χ4n) is 11.2. The lowest BCUT2D eigenvalue weighted by Gasteiger charge is -2.26. The van der Waals surface area contributed by atoms with Gasteiger partial charge in [-0.15, -0.1) is 0 Å². The van der Waals surface area contributed by atoms with Gasteiger partial charge in [-0.05, 0) is 155 Å². The SMILES string of the molecule is c1ccc(-n2c3ccccc3c3c(-c4cccc(N(c5ccc(-c6ccc7c(ccc8ccccc87)c6)cc5)c5ccc(-c6ccc7c(ccc8ccccc87)c6)cc5)c4)cc4ccccc4c32)cc1. The van der Waals surface area contributed by atoms with E-state index in [1.54, 1.807) is 0 Å². The molecule has 0 unspecified atom stereocenters. The lowest BCUT2D eigenvalue weighted by atomic mass is 9.94. The predicted molar refractivity (Wildman–Crippen MR) is 299 cm³/mol. The predicted octanol–water partition coefficient (Wildman–Crippen LogP) is 19.0. The van der Waals surface area contributed by atoms with Crippen LogP contribution in [-0.4, -0.2) is 4.57 Å². The molecule has 0 spiro atoms. The normalized spacial score (nSPS) is 11.7. The molecule has 0 saturated heterocycles. The van der Waals surface area contributed by atoms with Crippen molar-refractivity contribution in [2.45, 2.75) is 0 Å². The number of rotatable bonds is 7. The standard InChI is InChI=1S/C68H44N2/c1-2-17-55(18-3-1)70-66-24-11-10-23-64(66)67-65(44-52-15-6-9-22-63(52)68(67)70)51-16-12-19-58(43-51)69(56-35-29-45(30-36-56)49-33-39-61-53(41-49)27-25-47-13-4-7-20-59(47)61)57-37-31-46(32-38-57)50-34-40-62-54(42-50)28-26-48-14-5-8-21-60(48)62/h1-44H. The molecule has 0 atom stereocenters. The third-order valence-electron chi connectivity index (χ3n) is 14.5. The molecule has 1 aromatic heterocycles. The van der Waals surface area contributed by atoms with Gasteiger partial charge < -0.3 is 9.47 Å².